The van der Waals surface area contributed by atoms with Crippen LogP contribution in [0.4, 0.5) is 8.78 Å². The number of nitrogens with one attached hydrogen (secondary N) is 1. The lowest BCUT2D eigenvalue weighted by molar-refractivity contribution is -0.121. The number of carbonyl (C=O) groups is 1. The number of pyridine rings is 1. The molecule has 7 nitrogen and oxygen atoms in total. The Morgan fingerprint density at radius 2 is 1.87 bits per heavy atom. The molecular formula is C21H19F2N3O4S. The SMILES string of the molecule is CN(CC(=O)NCc1ccc(Oc2cccnc2)c(F)c1)S(=O)(=O)c1ccc(F)cc1. The van der Waals surface area contributed by atoms with Gasteiger partial charge in [0.05, 0.1) is 17.6 Å². The van der Waals surface area contributed by atoms with Crippen molar-refractivity contribution in [3.8, 4) is 11.5 Å². The van der Waals surface area contributed by atoms with Crippen molar-refractivity contribution < 1.29 is 26.7 Å². The summed E-state index contributed by atoms with van der Waals surface area (Å²) in [4.78, 5) is 15.9. The van der Waals surface area contributed by atoms with Gasteiger partial charge in [0.25, 0.3) is 0 Å². The van der Waals surface area contributed by atoms with Gasteiger partial charge in [0.2, 0.25) is 15.9 Å². The molecule has 0 aliphatic rings. The Hall–Kier alpha value is -3.37. The van der Waals surface area contributed by atoms with Crippen molar-refractivity contribution in [1.29, 1.82) is 0 Å². The van der Waals surface area contributed by atoms with Gasteiger partial charge in [0.1, 0.15) is 11.6 Å². The number of sulfonamides is 1. The van der Waals surface area contributed by atoms with Crippen LogP contribution in [0.2, 0.25) is 0 Å². The molecule has 2 aromatic carbocycles. The van der Waals surface area contributed by atoms with E-state index in [1.54, 1.807) is 24.4 Å². The minimum Gasteiger partial charge on any atom is -0.453 e. The first-order valence-corrected chi connectivity index (χ1v) is 10.5. The first kappa shape index (κ1) is 22.3. The van der Waals surface area contributed by atoms with E-state index in [0.717, 1.165) is 28.6 Å². The summed E-state index contributed by atoms with van der Waals surface area (Å²) in [6, 6.07) is 11.8. The average molecular weight is 447 g/mol. The van der Waals surface area contributed by atoms with Crippen LogP contribution in [0.25, 0.3) is 0 Å². The summed E-state index contributed by atoms with van der Waals surface area (Å²) in [7, 11) is -2.71. The number of likely N-dealkylation sites (N-methyl/N-ethyl adjacent to an activating group) is 1. The van der Waals surface area contributed by atoms with Gasteiger partial charge in [-0.2, -0.15) is 4.31 Å². The number of amides is 1. The Morgan fingerprint density at radius 1 is 1.13 bits per heavy atom. The fourth-order valence-electron chi connectivity index (χ4n) is 2.60. The van der Waals surface area contributed by atoms with Crippen molar-refractivity contribution in [1.82, 2.24) is 14.6 Å². The van der Waals surface area contributed by atoms with Gasteiger partial charge >= 0.3 is 0 Å². The molecule has 0 atom stereocenters. The summed E-state index contributed by atoms with van der Waals surface area (Å²) in [6.45, 7) is -0.461. The van der Waals surface area contributed by atoms with E-state index < -0.39 is 34.1 Å². The summed E-state index contributed by atoms with van der Waals surface area (Å²) in [5.41, 5.74) is 0.466. The quantitative estimate of drug-likeness (QED) is 0.573. The Labute approximate surface area is 178 Å². The summed E-state index contributed by atoms with van der Waals surface area (Å²) in [5.74, 6) is -1.37. The van der Waals surface area contributed by atoms with Gasteiger partial charge in [-0.15, -0.1) is 0 Å². The van der Waals surface area contributed by atoms with Crippen LogP contribution in [0.3, 0.4) is 0 Å². The summed E-state index contributed by atoms with van der Waals surface area (Å²) in [6.07, 6.45) is 3.02. The Kier molecular flexibility index (Phi) is 6.93. The van der Waals surface area contributed by atoms with E-state index >= 15 is 0 Å². The number of aromatic nitrogens is 1. The maximum atomic E-state index is 14.3. The third-order valence-electron chi connectivity index (χ3n) is 4.24. The Balaban J connectivity index is 1.56. The highest BCUT2D eigenvalue weighted by Crippen LogP contribution is 2.24. The van der Waals surface area contributed by atoms with Crippen LogP contribution in [0, 0.1) is 11.6 Å². The fraction of sp³-hybridized carbons (Fsp3) is 0.143. The molecule has 1 aromatic heterocycles. The number of carbonyl (C=O) groups excluding carboxylic acids is 1. The van der Waals surface area contributed by atoms with E-state index in [2.05, 4.69) is 10.3 Å². The topological polar surface area (TPSA) is 88.6 Å². The zero-order valence-electron chi connectivity index (χ0n) is 16.5. The molecule has 3 rings (SSSR count). The fourth-order valence-corrected chi connectivity index (χ4v) is 3.73. The van der Waals surface area contributed by atoms with Crippen LogP contribution in [0.15, 0.2) is 71.9 Å². The Morgan fingerprint density at radius 3 is 2.52 bits per heavy atom. The van der Waals surface area contributed by atoms with E-state index in [4.69, 9.17) is 4.74 Å². The second kappa shape index (κ2) is 9.63. The van der Waals surface area contributed by atoms with Crippen molar-refractivity contribution >= 4 is 15.9 Å². The minimum absolute atomic E-state index is 0.00659. The maximum absolute atomic E-state index is 14.3. The molecule has 10 heteroatoms. The molecule has 0 saturated heterocycles. The van der Waals surface area contributed by atoms with Crippen LogP contribution in [-0.2, 0) is 21.4 Å². The van der Waals surface area contributed by atoms with Crippen LogP contribution in [-0.4, -0.2) is 37.2 Å². The number of ether oxygens (including phenoxy) is 1. The van der Waals surface area contributed by atoms with Gasteiger partial charge in [-0.1, -0.05) is 6.07 Å². The maximum Gasteiger partial charge on any atom is 0.243 e. The van der Waals surface area contributed by atoms with E-state index in [1.807, 2.05) is 0 Å². The van der Waals surface area contributed by atoms with Crippen molar-refractivity contribution in [2.45, 2.75) is 11.4 Å². The third-order valence-corrected chi connectivity index (χ3v) is 6.05. The average Bonchev–Trinajstić information content (AvgIpc) is 2.75. The largest absolute Gasteiger partial charge is 0.453 e. The number of benzene rings is 2. The molecule has 0 aliphatic heterocycles. The molecule has 1 heterocycles. The van der Waals surface area contributed by atoms with Crippen molar-refractivity contribution in [2.24, 2.45) is 0 Å². The normalized spacial score (nSPS) is 11.4. The van der Waals surface area contributed by atoms with Gasteiger partial charge < -0.3 is 10.1 Å². The predicted octanol–water partition coefficient (Wildman–Crippen LogP) is 3.09. The molecule has 1 N–H and O–H groups in total. The van der Waals surface area contributed by atoms with Crippen molar-refractivity contribution in [3.63, 3.8) is 0 Å². The highest BCUT2D eigenvalue weighted by atomic mass is 32.2. The molecule has 31 heavy (non-hydrogen) atoms. The van der Waals surface area contributed by atoms with Gasteiger partial charge in [-0.25, -0.2) is 17.2 Å². The van der Waals surface area contributed by atoms with Gasteiger partial charge in [-0.05, 0) is 54.1 Å². The minimum atomic E-state index is -3.95. The molecule has 0 radical (unpaired) electrons. The van der Waals surface area contributed by atoms with E-state index in [1.165, 1.54) is 25.4 Å². The lowest BCUT2D eigenvalue weighted by atomic mass is 10.2. The van der Waals surface area contributed by atoms with E-state index in [9.17, 15) is 22.0 Å². The summed E-state index contributed by atoms with van der Waals surface area (Å²) in [5, 5.41) is 2.54. The molecule has 3 aromatic rings. The standard InChI is InChI=1S/C21H19F2N3O4S/c1-26(31(28,29)18-7-5-16(22)6-8-18)14-21(27)25-12-15-4-9-20(19(23)11-15)30-17-3-2-10-24-13-17/h2-11,13H,12,14H2,1H3,(H,25,27). The van der Waals surface area contributed by atoms with Crippen LogP contribution in [0.5, 0.6) is 11.5 Å². The summed E-state index contributed by atoms with van der Waals surface area (Å²) >= 11 is 0. The second-order valence-corrected chi connectivity index (χ2v) is 8.59. The highest BCUT2D eigenvalue weighted by molar-refractivity contribution is 7.89. The number of rotatable bonds is 8. The first-order chi connectivity index (χ1) is 14.8. The zero-order valence-corrected chi connectivity index (χ0v) is 17.3. The first-order valence-electron chi connectivity index (χ1n) is 9.10. The molecule has 0 fully saturated rings. The molecule has 1 amide bonds. The van der Waals surface area contributed by atoms with Crippen LogP contribution >= 0.6 is 0 Å². The third kappa shape index (κ3) is 5.83. The molecule has 0 aliphatic carbocycles. The molecule has 0 saturated carbocycles. The van der Waals surface area contributed by atoms with E-state index in [0.29, 0.717) is 11.3 Å². The van der Waals surface area contributed by atoms with Crippen LogP contribution < -0.4 is 10.1 Å². The summed E-state index contributed by atoms with van der Waals surface area (Å²) < 4.78 is 58.4. The number of hydrogen-bond donors (Lipinski definition) is 1. The lowest BCUT2D eigenvalue weighted by Crippen LogP contribution is -2.38. The van der Waals surface area contributed by atoms with E-state index in [-0.39, 0.29) is 17.2 Å². The number of halogens is 2. The molecule has 0 spiro atoms. The monoisotopic (exact) mass is 447 g/mol. The molecular weight excluding hydrogens is 428 g/mol. The van der Waals surface area contributed by atoms with Gasteiger partial charge in [-0.3, -0.25) is 9.78 Å². The van der Waals surface area contributed by atoms with Crippen molar-refractivity contribution in [3.05, 3.63) is 84.2 Å². The van der Waals surface area contributed by atoms with Gasteiger partial charge in [0.15, 0.2) is 11.6 Å². The van der Waals surface area contributed by atoms with Crippen LogP contribution in [0.1, 0.15) is 5.56 Å². The molecule has 162 valence electrons. The number of nitrogens with zero attached hydrogens (tertiary/aromatic N) is 2. The molecule has 0 unspecified atom stereocenters. The second-order valence-electron chi connectivity index (χ2n) is 6.55. The molecule has 0 bridgehead atoms. The number of hydrogen-bond acceptors (Lipinski definition) is 5. The zero-order chi connectivity index (χ0) is 22.4. The highest BCUT2D eigenvalue weighted by Gasteiger charge is 2.23. The van der Waals surface area contributed by atoms with Crippen molar-refractivity contribution in [2.75, 3.05) is 13.6 Å². The smallest absolute Gasteiger partial charge is 0.243 e. The predicted molar refractivity (Wildman–Crippen MR) is 109 cm³/mol. The van der Waals surface area contributed by atoms with Gasteiger partial charge in [0, 0.05) is 19.8 Å². The Bertz CT molecular complexity index is 1160. The lowest BCUT2D eigenvalue weighted by Gasteiger charge is -2.17.